The fourth-order valence-corrected chi connectivity index (χ4v) is 2.98. The molecule has 4 N–H and O–H groups in total. The summed E-state index contributed by atoms with van der Waals surface area (Å²) in [5.74, 6) is -8.13. The van der Waals surface area contributed by atoms with Crippen molar-refractivity contribution in [3.05, 3.63) is 58.4 Å². The van der Waals surface area contributed by atoms with Crippen LogP contribution in [-0.2, 0) is 15.8 Å². The van der Waals surface area contributed by atoms with Crippen LogP contribution in [0.5, 0.6) is 0 Å². The molecule has 0 unspecified atom stereocenters. The number of primary amides is 1. The highest BCUT2D eigenvalue weighted by molar-refractivity contribution is 6.38. The van der Waals surface area contributed by atoms with Crippen LogP contribution in [0, 0.1) is 0 Å². The van der Waals surface area contributed by atoms with Gasteiger partial charge in [0.15, 0.2) is 0 Å². The fraction of sp³-hybridized carbons (Fsp3) is 0.286. The van der Waals surface area contributed by atoms with Crippen molar-refractivity contribution in [3.63, 3.8) is 0 Å². The number of rotatable bonds is 9. The standard InChI is InChI=1S/C21H18ClF5N4O4/c1-20(23,24)6-4-14(16(32)17(28)33)31-19(35)12-9-11(22)2-3-13(12)30-18(34)10-5-7-29-15(8-10)21(25,26)27/h2-3,5,7-9,14H,4,6H2,1H3,(H2,28,33)(H,30,34)(H,31,35)/t14-/m0/s1. The number of anilines is 1. The van der Waals surface area contributed by atoms with Gasteiger partial charge in [-0.15, -0.1) is 0 Å². The first-order chi connectivity index (χ1) is 16.1. The topological polar surface area (TPSA) is 131 Å². The quantitative estimate of drug-likeness (QED) is 0.343. The van der Waals surface area contributed by atoms with E-state index in [1.807, 2.05) is 0 Å². The second-order valence-corrected chi connectivity index (χ2v) is 7.87. The van der Waals surface area contributed by atoms with E-state index < -0.39 is 65.7 Å². The van der Waals surface area contributed by atoms with Crippen molar-refractivity contribution in [2.75, 3.05) is 5.32 Å². The smallest absolute Gasteiger partial charge is 0.363 e. The Bertz CT molecular complexity index is 1150. The Hall–Kier alpha value is -3.61. The van der Waals surface area contributed by atoms with Gasteiger partial charge in [0.05, 0.1) is 17.3 Å². The largest absolute Gasteiger partial charge is 0.433 e. The van der Waals surface area contributed by atoms with E-state index in [9.17, 15) is 41.1 Å². The molecule has 35 heavy (non-hydrogen) atoms. The van der Waals surface area contributed by atoms with Crippen LogP contribution in [0.3, 0.4) is 0 Å². The molecule has 1 atom stereocenters. The molecular formula is C21H18ClF5N4O4. The molecule has 2 rings (SSSR count). The third-order valence-electron chi connectivity index (χ3n) is 4.52. The second-order valence-electron chi connectivity index (χ2n) is 7.43. The number of carbonyl (C=O) groups is 4. The number of ketones is 1. The first kappa shape index (κ1) is 27.6. The summed E-state index contributed by atoms with van der Waals surface area (Å²) in [5, 5.41) is 4.35. The summed E-state index contributed by atoms with van der Waals surface area (Å²) in [5.41, 5.74) is 2.59. The third kappa shape index (κ3) is 7.98. The lowest BCUT2D eigenvalue weighted by atomic mass is 10.0. The minimum absolute atomic E-state index is 0.00529. The molecule has 0 aliphatic rings. The van der Waals surface area contributed by atoms with Gasteiger partial charge < -0.3 is 16.4 Å². The van der Waals surface area contributed by atoms with Gasteiger partial charge in [0.25, 0.3) is 17.7 Å². The van der Waals surface area contributed by atoms with Crippen molar-refractivity contribution in [2.45, 2.75) is 37.9 Å². The Morgan fingerprint density at radius 2 is 1.71 bits per heavy atom. The number of nitrogens with one attached hydrogen (secondary N) is 2. The minimum Gasteiger partial charge on any atom is -0.363 e. The van der Waals surface area contributed by atoms with Gasteiger partial charge in [-0.25, -0.2) is 8.78 Å². The molecule has 0 saturated heterocycles. The average Bonchev–Trinajstić information content (AvgIpc) is 2.75. The number of halogens is 6. The van der Waals surface area contributed by atoms with Gasteiger partial charge in [-0.1, -0.05) is 11.6 Å². The highest BCUT2D eigenvalue weighted by atomic mass is 35.5. The fourth-order valence-electron chi connectivity index (χ4n) is 2.81. The van der Waals surface area contributed by atoms with Crippen LogP contribution in [0.4, 0.5) is 27.6 Å². The van der Waals surface area contributed by atoms with E-state index in [2.05, 4.69) is 15.6 Å². The molecule has 1 aromatic heterocycles. The molecule has 0 aliphatic heterocycles. The monoisotopic (exact) mass is 520 g/mol. The molecule has 0 spiro atoms. The molecule has 2 aromatic rings. The molecule has 14 heteroatoms. The molecular weight excluding hydrogens is 503 g/mol. The van der Waals surface area contributed by atoms with Crippen LogP contribution in [0.15, 0.2) is 36.5 Å². The van der Waals surface area contributed by atoms with E-state index in [0.29, 0.717) is 13.0 Å². The number of alkyl halides is 5. The number of amides is 3. The van der Waals surface area contributed by atoms with E-state index in [1.54, 1.807) is 0 Å². The van der Waals surface area contributed by atoms with Gasteiger partial charge in [0.1, 0.15) is 5.69 Å². The lowest BCUT2D eigenvalue weighted by molar-refractivity contribution is -0.141. The molecule has 0 saturated carbocycles. The molecule has 8 nitrogen and oxygen atoms in total. The van der Waals surface area contributed by atoms with Gasteiger partial charge >= 0.3 is 6.18 Å². The summed E-state index contributed by atoms with van der Waals surface area (Å²) in [4.78, 5) is 51.8. The molecule has 188 valence electrons. The molecule has 3 amide bonds. The number of benzene rings is 1. The van der Waals surface area contributed by atoms with Crippen molar-refractivity contribution in [1.82, 2.24) is 10.3 Å². The number of nitrogens with zero attached hydrogens (tertiary/aromatic N) is 1. The van der Waals surface area contributed by atoms with Crippen LogP contribution >= 0.6 is 11.6 Å². The first-order valence-electron chi connectivity index (χ1n) is 9.75. The lowest BCUT2D eigenvalue weighted by Gasteiger charge is -2.19. The second kappa shape index (κ2) is 10.8. The van der Waals surface area contributed by atoms with Gasteiger partial charge in [-0.2, -0.15) is 13.2 Å². The van der Waals surface area contributed by atoms with Crippen LogP contribution in [0.2, 0.25) is 5.02 Å². The maximum absolute atomic E-state index is 13.3. The summed E-state index contributed by atoms with van der Waals surface area (Å²) < 4.78 is 65.2. The van der Waals surface area contributed by atoms with Crippen molar-refractivity contribution >= 4 is 40.8 Å². The van der Waals surface area contributed by atoms with E-state index in [4.69, 9.17) is 17.3 Å². The zero-order valence-electron chi connectivity index (χ0n) is 17.9. The van der Waals surface area contributed by atoms with E-state index >= 15 is 0 Å². The van der Waals surface area contributed by atoms with Crippen molar-refractivity contribution < 1.29 is 41.1 Å². The number of nitrogens with two attached hydrogens (primary N) is 1. The zero-order chi connectivity index (χ0) is 26.6. The third-order valence-corrected chi connectivity index (χ3v) is 4.76. The van der Waals surface area contributed by atoms with Crippen LogP contribution in [0.1, 0.15) is 46.2 Å². The highest BCUT2D eigenvalue weighted by Crippen LogP contribution is 2.28. The van der Waals surface area contributed by atoms with Crippen LogP contribution < -0.4 is 16.4 Å². The normalized spacial score (nSPS) is 12.5. The van der Waals surface area contributed by atoms with Crippen LogP contribution in [0.25, 0.3) is 0 Å². The highest BCUT2D eigenvalue weighted by Gasteiger charge is 2.33. The SMILES string of the molecule is CC(F)(F)CC[C@H](NC(=O)c1cc(Cl)ccc1NC(=O)c1ccnc(C(F)(F)F)c1)C(=O)C(N)=O. The maximum Gasteiger partial charge on any atom is 0.433 e. The molecule has 0 bridgehead atoms. The number of hydrogen-bond donors (Lipinski definition) is 3. The molecule has 0 aliphatic carbocycles. The summed E-state index contributed by atoms with van der Waals surface area (Å²) in [6.07, 6.45) is -5.52. The van der Waals surface area contributed by atoms with Gasteiger partial charge in [0, 0.05) is 23.2 Å². The van der Waals surface area contributed by atoms with E-state index in [-0.39, 0.29) is 16.3 Å². The van der Waals surface area contributed by atoms with Gasteiger partial charge in [-0.3, -0.25) is 24.2 Å². The summed E-state index contributed by atoms with van der Waals surface area (Å²) in [6.45, 7) is 0.578. The van der Waals surface area contributed by atoms with E-state index in [0.717, 1.165) is 24.4 Å². The molecule has 1 aromatic carbocycles. The van der Waals surface area contributed by atoms with Crippen molar-refractivity contribution in [2.24, 2.45) is 5.73 Å². The predicted molar refractivity (Wildman–Crippen MR) is 114 cm³/mol. The lowest BCUT2D eigenvalue weighted by Crippen LogP contribution is -2.46. The maximum atomic E-state index is 13.3. The number of aromatic nitrogens is 1. The number of hydrogen-bond acceptors (Lipinski definition) is 5. The Balaban J connectivity index is 2.32. The first-order valence-corrected chi connectivity index (χ1v) is 10.1. The predicted octanol–water partition coefficient (Wildman–Crippen LogP) is 3.59. The Morgan fingerprint density at radius 3 is 2.29 bits per heavy atom. The summed E-state index contributed by atoms with van der Waals surface area (Å²) in [6, 6.07) is 3.27. The molecule has 1 heterocycles. The number of Topliss-reactive ketones (excluding diaryl/α,β-unsaturated/α-hetero) is 1. The van der Waals surface area contributed by atoms with Gasteiger partial charge in [0.2, 0.25) is 11.7 Å². The van der Waals surface area contributed by atoms with E-state index in [1.165, 1.54) is 6.07 Å². The average molecular weight is 521 g/mol. The molecule has 0 fully saturated rings. The minimum atomic E-state index is -4.81. The van der Waals surface area contributed by atoms with Crippen molar-refractivity contribution in [1.29, 1.82) is 0 Å². The van der Waals surface area contributed by atoms with Crippen molar-refractivity contribution in [3.8, 4) is 0 Å². The Labute approximate surface area is 200 Å². The Kier molecular flexibility index (Phi) is 8.50. The number of carbonyl (C=O) groups excluding carboxylic acids is 4. The molecule has 0 radical (unpaired) electrons. The zero-order valence-corrected chi connectivity index (χ0v) is 18.6. The van der Waals surface area contributed by atoms with Crippen LogP contribution in [-0.4, -0.2) is 40.5 Å². The summed E-state index contributed by atoms with van der Waals surface area (Å²) >= 11 is 5.89. The van der Waals surface area contributed by atoms with Gasteiger partial charge in [-0.05, 0) is 43.7 Å². The Morgan fingerprint density at radius 1 is 1.06 bits per heavy atom. The number of pyridine rings is 1. The summed E-state index contributed by atoms with van der Waals surface area (Å²) in [7, 11) is 0.